The molecule has 0 atom stereocenters. The maximum atomic E-state index is 9.82. The zero-order valence-corrected chi connectivity index (χ0v) is 14.4. The summed E-state index contributed by atoms with van der Waals surface area (Å²) in [6.45, 7) is 2.80. The molecular weight excluding hydrogens is 314 g/mol. The lowest BCUT2D eigenvalue weighted by molar-refractivity contribution is 0.373. The number of aryl methyl sites for hydroxylation is 1. The van der Waals surface area contributed by atoms with Gasteiger partial charge in [0, 0.05) is 18.0 Å². The van der Waals surface area contributed by atoms with Crippen molar-refractivity contribution in [2.24, 2.45) is 0 Å². The van der Waals surface area contributed by atoms with E-state index < -0.39 is 0 Å². The molecule has 1 saturated carbocycles. The van der Waals surface area contributed by atoms with Crippen LogP contribution in [0.3, 0.4) is 0 Å². The fraction of sp³-hybridized carbons (Fsp3) is 0.300. The molecule has 128 valence electrons. The number of phenolic OH excluding ortho intramolecular Hbond substituents is 1. The zero-order chi connectivity index (χ0) is 17.4. The minimum absolute atomic E-state index is 0.160. The van der Waals surface area contributed by atoms with Crippen molar-refractivity contribution in [2.45, 2.75) is 32.4 Å². The topological polar surface area (TPSA) is 58.5 Å². The number of phenols is 1. The molecule has 0 spiro atoms. The number of hydrogen-bond donors (Lipinski definition) is 1. The Morgan fingerprint density at radius 1 is 1.20 bits per heavy atom. The number of methoxy groups -OCH3 is 1. The molecular formula is C20H21N3O2. The second kappa shape index (κ2) is 6.24. The Kier molecular flexibility index (Phi) is 3.92. The summed E-state index contributed by atoms with van der Waals surface area (Å²) in [4.78, 5) is 11.4. The van der Waals surface area contributed by atoms with Gasteiger partial charge in [-0.15, -0.1) is 0 Å². The monoisotopic (exact) mass is 335 g/mol. The van der Waals surface area contributed by atoms with E-state index >= 15 is 0 Å². The molecule has 5 heteroatoms. The third-order valence-corrected chi connectivity index (χ3v) is 4.70. The summed E-state index contributed by atoms with van der Waals surface area (Å²) in [5, 5.41) is 10.9. The number of aromatic hydroxyl groups is 1. The van der Waals surface area contributed by atoms with Crippen LogP contribution in [0.4, 0.5) is 5.82 Å². The predicted molar refractivity (Wildman–Crippen MR) is 98.1 cm³/mol. The summed E-state index contributed by atoms with van der Waals surface area (Å²) in [6, 6.07) is 12.2. The van der Waals surface area contributed by atoms with Gasteiger partial charge in [0.2, 0.25) is 0 Å². The number of rotatable bonds is 5. The molecule has 1 aromatic heterocycles. The molecule has 5 nitrogen and oxygen atoms in total. The van der Waals surface area contributed by atoms with E-state index in [1.807, 2.05) is 12.1 Å². The molecule has 1 aliphatic rings. The Morgan fingerprint density at radius 3 is 2.80 bits per heavy atom. The summed E-state index contributed by atoms with van der Waals surface area (Å²) < 4.78 is 5.24. The Morgan fingerprint density at radius 2 is 2.04 bits per heavy atom. The van der Waals surface area contributed by atoms with Gasteiger partial charge in [-0.3, -0.25) is 0 Å². The van der Waals surface area contributed by atoms with Gasteiger partial charge >= 0.3 is 0 Å². The normalized spacial score (nSPS) is 13.8. The molecule has 1 N–H and O–H groups in total. The van der Waals surface area contributed by atoms with Crippen LogP contribution in [0, 0.1) is 6.92 Å². The lowest BCUT2D eigenvalue weighted by Gasteiger charge is -2.25. The molecule has 1 fully saturated rings. The molecule has 3 aromatic rings. The third-order valence-electron chi connectivity index (χ3n) is 4.70. The van der Waals surface area contributed by atoms with Gasteiger partial charge in [-0.25, -0.2) is 9.97 Å². The lowest BCUT2D eigenvalue weighted by Crippen LogP contribution is -2.26. The first-order chi connectivity index (χ1) is 12.2. The Labute approximate surface area is 146 Å². The van der Waals surface area contributed by atoms with Gasteiger partial charge in [0.15, 0.2) is 11.5 Å². The van der Waals surface area contributed by atoms with Crippen molar-refractivity contribution in [1.29, 1.82) is 0 Å². The van der Waals surface area contributed by atoms with Gasteiger partial charge < -0.3 is 14.7 Å². The van der Waals surface area contributed by atoms with E-state index in [0.29, 0.717) is 11.8 Å². The van der Waals surface area contributed by atoms with Crippen molar-refractivity contribution in [3.05, 3.63) is 53.9 Å². The van der Waals surface area contributed by atoms with Crippen molar-refractivity contribution in [3.8, 4) is 11.5 Å². The maximum Gasteiger partial charge on any atom is 0.160 e. The smallest absolute Gasteiger partial charge is 0.160 e. The van der Waals surface area contributed by atoms with E-state index in [-0.39, 0.29) is 5.75 Å². The first-order valence-corrected chi connectivity index (χ1v) is 8.50. The van der Waals surface area contributed by atoms with E-state index in [1.165, 1.54) is 12.8 Å². The van der Waals surface area contributed by atoms with E-state index in [0.717, 1.165) is 34.4 Å². The van der Waals surface area contributed by atoms with Gasteiger partial charge in [-0.05, 0) is 49.1 Å². The first-order valence-electron chi connectivity index (χ1n) is 8.50. The molecule has 4 rings (SSSR count). The van der Waals surface area contributed by atoms with Gasteiger partial charge in [0.05, 0.1) is 12.6 Å². The average Bonchev–Trinajstić information content (AvgIpc) is 3.46. The molecule has 0 saturated heterocycles. The SMILES string of the molecule is COc1cc(CN(c2ncnc3c(C)cccc23)C2CC2)ccc1O. The Hall–Kier alpha value is -2.82. The standard InChI is InChI=1S/C20H21N3O2/c1-13-4-3-5-16-19(13)21-12-22-20(16)23(15-7-8-15)11-14-6-9-17(24)18(10-14)25-2/h3-6,9-10,12,15,24H,7-8,11H2,1-2H3. The highest BCUT2D eigenvalue weighted by atomic mass is 16.5. The molecule has 1 heterocycles. The highest BCUT2D eigenvalue weighted by Gasteiger charge is 2.31. The minimum atomic E-state index is 0.160. The summed E-state index contributed by atoms with van der Waals surface area (Å²) in [5.74, 6) is 1.63. The number of nitrogens with zero attached hydrogens (tertiary/aromatic N) is 3. The average molecular weight is 335 g/mol. The van der Waals surface area contributed by atoms with E-state index in [9.17, 15) is 5.11 Å². The lowest BCUT2D eigenvalue weighted by atomic mass is 10.1. The van der Waals surface area contributed by atoms with Crippen LogP contribution >= 0.6 is 0 Å². The van der Waals surface area contributed by atoms with Crippen LogP contribution in [-0.2, 0) is 6.54 Å². The number of anilines is 1. The molecule has 0 radical (unpaired) electrons. The fourth-order valence-corrected chi connectivity index (χ4v) is 3.23. The van der Waals surface area contributed by atoms with Gasteiger partial charge in [0.1, 0.15) is 12.1 Å². The number of fused-ring (bicyclic) bond motifs is 1. The summed E-state index contributed by atoms with van der Waals surface area (Å²) >= 11 is 0. The van der Waals surface area contributed by atoms with Crippen molar-refractivity contribution in [1.82, 2.24) is 9.97 Å². The van der Waals surface area contributed by atoms with Gasteiger partial charge in [0.25, 0.3) is 0 Å². The van der Waals surface area contributed by atoms with Crippen LogP contribution < -0.4 is 9.64 Å². The summed E-state index contributed by atoms with van der Waals surface area (Å²) in [7, 11) is 1.57. The van der Waals surface area contributed by atoms with Crippen molar-refractivity contribution in [3.63, 3.8) is 0 Å². The number of ether oxygens (including phenoxy) is 1. The first kappa shape index (κ1) is 15.7. The Bertz CT molecular complexity index is 922. The molecule has 0 unspecified atom stereocenters. The highest BCUT2D eigenvalue weighted by Crippen LogP contribution is 2.36. The number of aromatic nitrogens is 2. The van der Waals surface area contributed by atoms with Crippen LogP contribution in [0.1, 0.15) is 24.0 Å². The molecule has 0 amide bonds. The molecule has 2 aromatic carbocycles. The fourth-order valence-electron chi connectivity index (χ4n) is 3.23. The second-order valence-corrected chi connectivity index (χ2v) is 6.53. The molecule has 1 aliphatic carbocycles. The number of para-hydroxylation sites is 1. The largest absolute Gasteiger partial charge is 0.504 e. The van der Waals surface area contributed by atoms with Crippen LogP contribution in [-0.4, -0.2) is 28.2 Å². The summed E-state index contributed by atoms with van der Waals surface area (Å²) in [5.41, 5.74) is 3.24. The van der Waals surface area contributed by atoms with Crippen molar-refractivity contribution < 1.29 is 9.84 Å². The van der Waals surface area contributed by atoms with Crippen molar-refractivity contribution in [2.75, 3.05) is 12.0 Å². The van der Waals surface area contributed by atoms with Gasteiger partial charge in [-0.1, -0.05) is 18.2 Å². The van der Waals surface area contributed by atoms with Crippen molar-refractivity contribution >= 4 is 16.7 Å². The number of benzene rings is 2. The zero-order valence-electron chi connectivity index (χ0n) is 14.4. The minimum Gasteiger partial charge on any atom is -0.504 e. The van der Waals surface area contributed by atoms with Gasteiger partial charge in [-0.2, -0.15) is 0 Å². The molecule has 25 heavy (non-hydrogen) atoms. The number of hydrogen-bond acceptors (Lipinski definition) is 5. The predicted octanol–water partition coefficient (Wildman–Crippen LogP) is 3.82. The summed E-state index contributed by atoms with van der Waals surface area (Å²) in [6.07, 6.45) is 4.00. The van der Waals surface area contributed by atoms with Crippen LogP contribution in [0.2, 0.25) is 0 Å². The maximum absolute atomic E-state index is 9.82. The quantitative estimate of drug-likeness (QED) is 0.768. The van der Waals surface area contributed by atoms with E-state index in [2.05, 4.69) is 40.0 Å². The Balaban J connectivity index is 1.75. The highest BCUT2D eigenvalue weighted by molar-refractivity contribution is 5.91. The van der Waals surface area contributed by atoms with E-state index in [4.69, 9.17) is 4.74 Å². The molecule has 0 aliphatic heterocycles. The second-order valence-electron chi connectivity index (χ2n) is 6.53. The third kappa shape index (κ3) is 2.97. The van der Waals surface area contributed by atoms with Crippen LogP contribution in [0.5, 0.6) is 11.5 Å². The van der Waals surface area contributed by atoms with E-state index in [1.54, 1.807) is 19.5 Å². The van der Waals surface area contributed by atoms with Crippen LogP contribution in [0.15, 0.2) is 42.7 Å². The molecule has 0 bridgehead atoms. The van der Waals surface area contributed by atoms with Crippen LogP contribution in [0.25, 0.3) is 10.9 Å².